The number of carbonyl (C=O) groups excluding carboxylic acids is 2. The molecular formula is C19H24N2O5. The molecule has 2 heterocycles. The summed E-state index contributed by atoms with van der Waals surface area (Å²) in [7, 11) is 0. The zero-order valence-corrected chi connectivity index (χ0v) is 14.6. The smallest absolute Gasteiger partial charge is 0.308 e. The molecule has 1 aromatic carbocycles. The van der Waals surface area contributed by atoms with Gasteiger partial charge >= 0.3 is 5.97 Å². The van der Waals surface area contributed by atoms with Crippen LogP contribution in [0, 0.1) is 11.8 Å². The Morgan fingerprint density at radius 1 is 1.31 bits per heavy atom. The van der Waals surface area contributed by atoms with E-state index in [-0.39, 0.29) is 24.3 Å². The first-order valence-corrected chi connectivity index (χ1v) is 9.05. The number of hydrogen-bond acceptors (Lipinski definition) is 4. The Hall–Kier alpha value is -2.41. The van der Waals surface area contributed by atoms with E-state index in [1.165, 1.54) is 0 Å². The van der Waals surface area contributed by atoms with Crippen molar-refractivity contribution in [1.29, 1.82) is 0 Å². The average Bonchev–Trinajstić information content (AvgIpc) is 3.08. The molecule has 140 valence electrons. The van der Waals surface area contributed by atoms with E-state index in [0.29, 0.717) is 50.3 Å². The van der Waals surface area contributed by atoms with Gasteiger partial charge in [0.2, 0.25) is 5.91 Å². The molecule has 7 heteroatoms. The Labute approximate surface area is 152 Å². The van der Waals surface area contributed by atoms with Crippen LogP contribution in [0.3, 0.4) is 0 Å². The first-order valence-electron chi connectivity index (χ1n) is 9.05. The lowest BCUT2D eigenvalue weighted by Gasteiger charge is -2.27. The van der Waals surface area contributed by atoms with Gasteiger partial charge in [0.05, 0.1) is 5.92 Å². The van der Waals surface area contributed by atoms with Crippen LogP contribution in [0.5, 0.6) is 0 Å². The van der Waals surface area contributed by atoms with E-state index in [0.717, 1.165) is 6.42 Å². The number of carboxylic acids is 1. The van der Waals surface area contributed by atoms with E-state index in [2.05, 4.69) is 5.32 Å². The number of anilines is 1. The highest BCUT2D eigenvalue weighted by Gasteiger charge is 2.30. The van der Waals surface area contributed by atoms with Crippen molar-refractivity contribution in [2.24, 2.45) is 11.8 Å². The molecule has 0 aliphatic carbocycles. The van der Waals surface area contributed by atoms with Gasteiger partial charge in [-0.15, -0.1) is 0 Å². The zero-order chi connectivity index (χ0) is 18.5. The second-order valence-electron chi connectivity index (χ2n) is 6.80. The van der Waals surface area contributed by atoms with Crippen LogP contribution < -0.4 is 10.2 Å². The Balaban J connectivity index is 1.63. The molecule has 0 aromatic heterocycles. The number of rotatable bonds is 6. The van der Waals surface area contributed by atoms with Crippen LogP contribution in [0.2, 0.25) is 0 Å². The van der Waals surface area contributed by atoms with E-state index in [1.807, 2.05) is 6.07 Å². The topological polar surface area (TPSA) is 95.9 Å². The van der Waals surface area contributed by atoms with Gasteiger partial charge in [0.15, 0.2) is 0 Å². The van der Waals surface area contributed by atoms with E-state index >= 15 is 0 Å². The van der Waals surface area contributed by atoms with Crippen LogP contribution in [-0.2, 0) is 14.3 Å². The quantitative estimate of drug-likeness (QED) is 0.804. The van der Waals surface area contributed by atoms with Gasteiger partial charge in [0.25, 0.3) is 5.91 Å². The number of amides is 2. The predicted octanol–water partition coefficient (Wildman–Crippen LogP) is 1.67. The SMILES string of the molecule is O=C(NCC(C(=O)O)C1CCOCC1)c1cccc(N2CCCC2=O)c1. The van der Waals surface area contributed by atoms with Crippen molar-refractivity contribution < 1.29 is 24.2 Å². The van der Waals surface area contributed by atoms with Crippen molar-refractivity contribution in [3.05, 3.63) is 29.8 Å². The van der Waals surface area contributed by atoms with Gasteiger partial charge in [-0.3, -0.25) is 14.4 Å². The second-order valence-corrected chi connectivity index (χ2v) is 6.80. The van der Waals surface area contributed by atoms with Crippen LogP contribution in [0.1, 0.15) is 36.0 Å². The zero-order valence-electron chi connectivity index (χ0n) is 14.6. The third-order valence-corrected chi connectivity index (χ3v) is 5.13. The molecule has 1 atom stereocenters. The van der Waals surface area contributed by atoms with E-state index in [1.54, 1.807) is 23.1 Å². The highest BCUT2D eigenvalue weighted by molar-refractivity contribution is 5.99. The number of benzene rings is 1. The Morgan fingerprint density at radius 3 is 2.73 bits per heavy atom. The lowest BCUT2D eigenvalue weighted by molar-refractivity contribution is -0.144. The van der Waals surface area contributed by atoms with Crippen LogP contribution in [0.25, 0.3) is 0 Å². The fourth-order valence-corrected chi connectivity index (χ4v) is 3.61. The van der Waals surface area contributed by atoms with Crippen molar-refractivity contribution in [3.8, 4) is 0 Å². The highest BCUT2D eigenvalue weighted by atomic mass is 16.5. The number of carbonyl (C=O) groups is 3. The van der Waals surface area contributed by atoms with Crippen LogP contribution >= 0.6 is 0 Å². The molecule has 2 aliphatic heterocycles. The lowest BCUT2D eigenvalue weighted by Crippen LogP contribution is -2.39. The molecule has 2 fully saturated rings. The molecule has 2 N–H and O–H groups in total. The minimum absolute atomic E-state index is 0.00936. The first-order chi connectivity index (χ1) is 12.6. The van der Waals surface area contributed by atoms with Crippen molar-refractivity contribution in [1.82, 2.24) is 5.32 Å². The lowest BCUT2D eigenvalue weighted by atomic mass is 9.86. The predicted molar refractivity (Wildman–Crippen MR) is 95.0 cm³/mol. The van der Waals surface area contributed by atoms with Gasteiger partial charge < -0.3 is 20.1 Å². The number of nitrogens with one attached hydrogen (secondary N) is 1. The summed E-state index contributed by atoms with van der Waals surface area (Å²) in [5, 5.41) is 12.2. The maximum Gasteiger partial charge on any atom is 0.308 e. The first kappa shape index (κ1) is 18.4. The summed E-state index contributed by atoms with van der Waals surface area (Å²) >= 11 is 0. The molecule has 0 spiro atoms. The van der Waals surface area contributed by atoms with Crippen LogP contribution in [0.15, 0.2) is 24.3 Å². The van der Waals surface area contributed by atoms with E-state index in [9.17, 15) is 19.5 Å². The molecule has 7 nitrogen and oxygen atoms in total. The second kappa shape index (κ2) is 8.31. The Morgan fingerprint density at radius 2 is 2.08 bits per heavy atom. The third-order valence-electron chi connectivity index (χ3n) is 5.13. The molecule has 2 amide bonds. The number of aliphatic carboxylic acids is 1. The van der Waals surface area contributed by atoms with Gasteiger partial charge in [-0.1, -0.05) is 6.07 Å². The summed E-state index contributed by atoms with van der Waals surface area (Å²) in [6.45, 7) is 1.88. The van der Waals surface area contributed by atoms with Crippen molar-refractivity contribution >= 4 is 23.5 Å². The van der Waals surface area contributed by atoms with Crippen LogP contribution in [0.4, 0.5) is 5.69 Å². The van der Waals surface area contributed by atoms with E-state index < -0.39 is 11.9 Å². The summed E-state index contributed by atoms with van der Waals surface area (Å²) in [6.07, 6.45) is 2.74. The average molecular weight is 360 g/mol. The fraction of sp³-hybridized carbons (Fsp3) is 0.526. The Kier molecular flexibility index (Phi) is 5.88. The third kappa shape index (κ3) is 4.22. The summed E-state index contributed by atoms with van der Waals surface area (Å²) < 4.78 is 5.28. The minimum Gasteiger partial charge on any atom is -0.481 e. The monoisotopic (exact) mass is 360 g/mol. The van der Waals surface area contributed by atoms with Crippen molar-refractivity contribution in [3.63, 3.8) is 0 Å². The highest BCUT2D eigenvalue weighted by Crippen LogP contribution is 2.25. The standard InChI is InChI=1S/C19H24N2O5/c22-17-5-2-8-21(17)15-4-1-3-14(11-15)18(23)20-12-16(19(24)25)13-6-9-26-10-7-13/h1,3-4,11,13,16H,2,5-10,12H2,(H,20,23)(H,24,25). The fourth-order valence-electron chi connectivity index (χ4n) is 3.61. The molecule has 0 radical (unpaired) electrons. The largest absolute Gasteiger partial charge is 0.481 e. The minimum atomic E-state index is -0.895. The van der Waals surface area contributed by atoms with Crippen LogP contribution in [-0.4, -0.2) is 49.2 Å². The molecule has 1 aromatic rings. The molecular weight excluding hydrogens is 336 g/mol. The van der Waals surface area contributed by atoms with Gasteiger partial charge in [-0.2, -0.15) is 0 Å². The van der Waals surface area contributed by atoms with Gasteiger partial charge in [0, 0.05) is 44.0 Å². The van der Waals surface area contributed by atoms with Gasteiger partial charge in [-0.05, 0) is 43.4 Å². The normalized spacial score (nSPS) is 19.4. The molecule has 0 saturated carbocycles. The molecule has 1 unspecified atom stereocenters. The Bertz CT molecular complexity index is 684. The molecule has 3 rings (SSSR count). The summed E-state index contributed by atoms with van der Waals surface area (Å²) in [6, 6.07) is 6.90. The van der Waals surface area contributed by atoms with Crippen molar-refractivity contribution in [2.75, 3.05) is 31.2 Å². The number of nitrogens with zero attached hydrogens (tertiary/aromatic N) is 1. The van der Waals surface area contributed by atoms with Gasteiger partial charge in [0.1, 0.15) is 0 Å². The summed E-state index contributed by atoms with van der Waals surface area (Å²) in [4.78, 5) is 37.6. The summed E-state index contributed by atoms with van der Waals surface area (Å²) in [5.41, 5.74) is 1.14. The molecule has 2 aliphatic rings. The van der Waals surface area contributed by atoms with Crippen molar-refractivity contribution in [2.45, 2.75) is 25.7 Å². The maximum atomic E-state index is 12.5. The molecule has 2 saturated heterocycles. The number of ether oxygens (including phenoxy) is 1. The summed E-state index contributed by atoms with van der Waals surface area (Å²) in [5.74, 6) is -1.76. The number of hydrogen-bond donors (Lipinski definition) is 2. The maximum absolute atomic E-state index is 12.5. The molecule has 26 heavy (non-hydrogen) atoms. The van der Waals surface area contributed by atoms with E-state index in [4.69, 9.17) is 4.74 Å². The number of carboxylic acid groups (broad SMARTS) is 1. The van der Waals surface area contributed by atoms with Gasteiger partial charge in [-0.25, -0.2) is 0 Å². The molecule has 0 bridgehead atoms.